The van der Waals surface area contributed by atoms with Crippen LogP contribution in [0, 0.1) is 6.92 Å². The van der Waals surface area contributed by atoms with Crippen LogP contribution < -0.4 is 14.8 Å². The quantitative estimate of drug-likeness (QED) is 0.862. The molecule has 0 aromatic heterocycles. The van der Waals surface area contributed by atoms with Crippen molar-refractivity contribution in [3.63, 3.8) is 0 Å². The monoisotopic (exact) mass is 243 g/mol. The molecule has 1 N–H and O–H groups in total. The predicted molar refractivity (Wildman–Crippen MR) is 66.9 cm³/mol. The molecule has 1 aromatic carbocycles. The van der Waals surface area contributed by atoms with Crippen LogP contribution in [0.25, 0.3) is 0 Å². The van der Waals surface area contributed by atoms with E-state index in [-0.39, 0.29) is 0 Å². The highest BCUT2D eigenvalue weighted by atomic mass is 35.5. The van der Waals surface area contributed by atoms with Crippen molar-refractivity contribution in [1.82, 2.24) is 5.32 Å². The molecule has 1 rings (SSSR count). The van der Waals surface area contributed by atoms with Gasteiger partial charge < -0.3 is 14.8 Å². The van der Waals surface area contributed by atoms with Gasteiger partial charge in [-0.1, -0.05) is 11.6 Å². The second kappa shape index (κ2) is 5.97. The zero-order chi connectivity index (χ0) is 12.1. The van der Waals surface area contributed by atoms with Crippen molar-refractivity contribution in [2.45, 2.75) is 13.3 Å². The van der Waals surface area contributed by atoms with E-state index in [9.17, 15) is 0 Å². The molecule has 90 valence electrons. The van der Waals surface area contributed by atoms with Gasteiger partial charge in [-0.25, -0.2) is 0 Å². The van der Waals surface area contributed by atoms with Crippen molar-refractivity contribution in [3.05, 3.63) is 22.2 Å². The standard InChI is InChI=1S/C12H18ClNO2/c1-8-9(5-6-14-2)7-10(15-3)12(16-4)11(8)13/h7,14H,5-6H2,1-4H3. The second-order valence-corrected chi connectivity index (χ2v) is 3.94. The summed E-state index contributed by atoms with van der Waals surface area (Å²) in [7, 11) is 5.14. The third kappa shape index (κ3) is 2.60. The van der Waals surface area contributed by atoms with Crippen LogP contribution in [0.4, 0.5) is 0 Å². The highest BCUT2D eigenvalue weighted by molar-refractivity contribution is 6.33. The first-order valence-corrected chi connectivity index (χ1v) is 5.58. The van der Waals surface area contributed by atoms with E-state index in [2.05, 4.69) is 5.32 Å². The largest absolute Gasteiger partial charge is 0.493 e. The lowest BCUT2D eigenvalue weighted by Crippen LogP contribution is -2.11. The molecule has 4 heteroatoms. The maximum absolute atomic E-state index is 6.24. The number of rotatable bonds is 5. The Hall–Kier alpha value is -0.930. The van der Waals surface area contributed by atoms with Crippen molar-refractivity contribution in [2.24, 2.45) is 0 Å². The Labute approximate surface area is 102 Å². The molecule has 0 aliphatic heterocycles. The van der Waals surface area contributed by atoms with Crippen LogP contribution in [-0.4, -0.2) is 27.8 Å². The van der Waals surface area contributed by atoms with Gasteiger partial charge in [-0.3, -0.25) is 0 Å². The van der Waals surface area contributed by atoms with Gasteiger partial charge in [0.15, 0.2) is 11.5 Å². The molecular weight excluding hydrogens is 226 g/mol. The summed E-state index contributed by atoms with van der Waals surface area (Å²) in [5.74, 6) is 1.29. The second-order valence-electron chi connectivity index (χ2n) is 3.56. The molecule has 0 aliphatic carbocycles. The van der Waals surface area contributed by atoms with Gasteiger partial charge in [0.1, 0.15) is 0 Å². The van der Waals surface area contributed by atoms with E-state index in [4.69, 9.17) is 21.1 Å². The fourth-order valence-electron chi connectivity index (χ4n) is 1.61. The first-order chi connectivity index (χ1) is 7.65. The van der Waals surface area contributed by atoms with Crippen LogP contribution in [0.3, 0.4) is 0 Å². The Balaban J connectivity index is 3.16. The lowest BCUT2D eigenvalue weighted by molar-refractivity contribution is 0.354. The molecule has 0 heterocycles. The van der Waals surface area contributed by atoms with E-state index in [1.165, 1.54) is 5.56 Å². The molecule has 0 bridgehead atoms. The van der Waals surface area contributed by atoms with Crippen LogP contribution in [0.2, 0.25) is 5.02 Å². The Morgan fingerprint density at radius 1 is 1.31 bits per heavy atom. The van der Waals surface area contributed by atoms with Gasteiger partial charge in [0, 0.05) is 0 Å². The Bertz CT molecular complexity index is 367. The number of hydrogen-bond donors (Lipinski definition) is 1. The smallest absolute Gasteiger partial charge is 0.179 e. The molecule has 0 spiro atoms. The van der Waals surface area contributed by atoms with Crippen LogP contribution in [0.15, 0.2) is 6.07 Å². The highest BCUT2D eigenvalue weighted by Gasteiger charge is 2.14. The Morgan fingerprint density at radius 2 is 2.00 bits per heavy atom. The average molecular weight is 244 g/mol. The molecule has 0 unspecified atom stereocenters. The number of halogens is 1. The van der Waals surface area contributed by atoms with Crippen LogP contribution in [0.1, 0.15) is 11.1 Å². The van der Waals surface area contributed by atoms with Crippen molar-refractivity contribution < 1.29 is 9.47 Å². The molecule has 3 nitrogen and oxygen atoms in total. The summed E-state index contributed by atoms with van der Waals surface area (Å²) < 4.78 is 10.5. The zero-order valence-electron chi connectivity index (χ0n) is 10.2. The van der Waals surface area contributed by atoms with Crippen LogP contribution in [-0.2, 0) is 6.42 Å². The van der Waals surface area contributed by atoms with Gasteiger partial charge in [-0.05, 0) is 44.1 Å². The van der Waals surface area contributed by atoms with E-state index < -0.39 is 0 Å². The summed E-state index contributed by atoms with van der Waals surface area (Å²) in [6, 6.07) is 1.98. The third-order valence-electron chi connectivity index (χ3n) is 2.61. The van der Waals surface area contributed by atoms with Crippen molar-refractivity contribution in [1.29, 1.82) is 0 Å². The van der Waals surface area contributed by atoms with E-state index in [0.29, 0.717) is 16.5 Å². The van der Waals surface area contributed by atoms with E-state index >= 15 is 0 Å². The zero-order valence-corrected chi connectivity index (χ0v) is 10.9. The fraction of sp³-hybridized carbons (Fsp3) is 0.500. The Kier molecular flexibility index (Phi) is 4.90. The first-order valence-electron chi connectivity index (χ1n) is 5.20. The predicted octanol–water partition coefficient (Wildman–Crippen LogP) is 2.43. The molecule has 16 heavy (non-hydrogen) atoms. The maximum atomic E-state index is 6.24. The summed E-state index contributed by atoms with van der Waals surface area (Å²) in [5, 5.41) is 3.75. The topological polar surface area (TPSA) is 30.5 Å². The normalized spacial score (nSPS) is 10.3. The summed E-state index contributed by atoms with van der Waals surface area (Å²) in [6.07, 6.45) is 0.919. The minimum atomic E-state index is 0.606. The maximum Gasteiger partial charge on any atom is 0.179 e. The molecule has 0 radical (unpaired) electrons. The number of nitrogens with one attached hydrogen (secondary N) is 1. The van der Waals surface area contributed by atoms with Crippen LogP contribution in [0.5, 0.6) is 11.5 Å². The van der Waals surface area contributed by atoms with E-state index in [1.807, 2.05) is 20.0 Å². The average Bonchev–Trinajstić information content (AvgIpc) is 2.30. The summed E-state index contributed by atoms with van der Waals surface area (Å²) in [6.45, 7) is 2.90. The summed E-state index contributed by atoms with van der Waals surface area (Å²) in [5.41, 5.74) is 2.23. The van der Waals surface area contributed by atoms with E-state index in [1.54, 1.807) is 14.2 Å². The van der Waals surface area contributed by atoms with Gasteiger partial charge >= 0.3 is 0 Å². The van der Waals surface area contributed by atoms with Gasteiger partial charge in [0.05, 0.1) is 19.2 Å². The molecule has 0 saturated heterocycles. The van der Waals surface area contributed by atoms with Gasteiger partial charge in [0.25, 0.3) is 0 Å². The number of hydrogen-bond acceptors (Lipinski definition) is 3. The molecule has 0 amide bonds. The Morgan fingerprint density at radius 3 is 2.50 bits per heavy atom. The first kappa shape index (κ1) is 13.1. The van der Waals surface area contributed by atoms with Gasteiger partial charge in [-0.2, -0.15) is 0 Å². The lowest BCUT2D eigenvalue weighted by atomic mass is 10.0. The number of ether oxygens (including phenoxy) is 2. The molecule has 0 saturated carbocycles. The number of methoxy groups -OCH3 is 2. The number of benzene rings is 1. The van der Waals surface area contributed by atoms with Crippen molar-refractivity contribution >= 4 is 11.6 Å². The molecular formula is C12H18ClNO2. The molecule has 0 atom stereocenters. The highest BCUT2D eigenvalue weighted by Crippen LogP contribution is 2.39. The molecule has 0 fully saturated rings. The minimum Gasteiger partial charge on any atom is -0.493 e. The van der Waals surface area contributed by atoms with Gasteiger partial charge in [-0.15, -0.1) is 0 Å². The lowest BCUT2D eigenvalue weighted by Gasteiger charge is -2.15. The molecule has 1 aromatic rings. The molecule has 0 aliphatic rings. The summed E-state index contributed by atoms with van der Waals surface area (Å²) >= 11 is 6.24. The van der Waals surface area contributed by atoms with Crippen molar-refractivity contribution in [2.75, 3.05) is 27.8 Å². The van der Waals surface area contributed by atoms with E-state index in [0.717, 1.165) is 18.5 Å². The summed E-state index contributed by atoms with van der Waals surface area (Å²) in [4.78, 5) is 0. The fourth-order valence-corrected chi connectivity index (χ4v) is 1.90. The third-order valence-corrected chi connectivity index (χ3v) is 3.06. The van der Waals surface area contributed by atoms with Crippen LogP contribution >= 0.6 is 11.6 Å². The SMILES string of the molecule is CNCCc1cc(OC)c(OC)c(Cl)c1C. The minimum absolute atomic E-state index is 0.606. The van der Waals surface area contributed by atoms with Gasteiger partial charge in [0.2, 0.25) is 0 Å². The number of likely N-dealkylation sites (N-methyl/N-ethyl adjacent to an activating group) is 1. The van der Waals surface area contributed by atoms with Crippen molar-refractivity contribution in [3.8, 4) is 11.5 Å².